The van der Waals surface area contributed by atoms with Crippen molar-refractivity contribution in [3.8, 4) is 5.75 Å². The number of nitrogens with one attached hydrogen (secondary N) is 1. The average Bonchev–Trinajstić information content (AvgIpc) is 2.61. The molecule has 0 aromatic heterocycles. The second kappa shape index (κ2) is 8.19. The van der Waals surface area contributed by atoms with E-state index in [0.29, 0.717) is 13.0 Å². The predicted octanol–water partition coefficient (Wildman–Crippen LogP) is 2.24. The molecule has 25 heavy (non-hydrogen) atoms. The van der Waals surface area contributed by atoms with E-state index in [0.717, 1.165) is 23.3 Å². The van der Waals surface area contributed by atoms with E-state index in [-0.39, 0.29) is 30.2 Å². The van der Waals surface area contributed by atoms with Crippen molar-refractivity contribution in [1.29, 1.82) is 0 Å². The van der Waals surface area contributed by atoms with Crippen LogP contribution >= 0.6 is 0 Å². The Morgan fingerprint density at radius 2 is 2.16 bits per heavy atom. The van der Waals surface area contributed by atoms with E-state index in [4.69, 9.17) is 4.74 Å². The van der Waals surface area contributed by atoms with Crippen molar-refractivity contribution in [3.05, 3.63) is 29.3 Å². The van der Waals surface area contributed by atoms with Crippen molar-refractivity contribution in [3.63, 3.8) is 0 Å². The van der Waals surface area contributed by atoms with Gasteiger partial charge < -0.3 is 10.1 Å². The number of nitrogens with zero attached hydrogens (tertiary/aromatic N) is 1. The molecule has 2 rings (SSSR count). The molecule has 1 saturated heterocycles. The molecule has 0 saturated carbocycles. The summed E-state index contributed by atoms with van der Waals surface area (Å²) in [5.41, 5.74) is 2.01. The Balaban J connectivity index is 2.02. The molecule has 0 unspecified atom stereocenters. The number of hydrogen-bond acceptors (Lipinski definition) is 4. The Bertz CT molecular complexity index is 718. The SMILES string of the molecule is CCS(=O)(=O)N1CCC[C@H](C(=O)N[C@@H](C)c2ccc(OC)c(C)c2)C1. The molecule has 1 fully saturated rings. The Morgan fingerprint density at radius 1 is 1.44 bits per heavy atom. The van der Waals surface area contributed by atoms with Gasteiger partial charge in [0.1, 0.15) is 5.75 Å². The fourth-order valence-electron chi connectivity index (χ4n) is 3.18. The monoisotopic (exact) mass is 368 g/mol. The summed E-state index contributed by atoms with van der Waals surface area (Å²) in [7, 11) is -1.61. The van der Waals surface area contributed by atoms with E-state index < -0.39 is 10.0 Å². The van der Waals surface area contributed by atoms with E-state index in [9.17, 15) is 13.2 Å². The van der Waals surface area contributed by atoms with Crippen molar-refractivity contribution in [2.45, 2.75) is 39.7 Å². The highest BCUT2D eigenvalue weighted by Crippen LogP contribution is 2.24. The van der Waals surface area contributed by atoms with Crippen LogP contribution in [-0.2, 0) is 14.8 Å². The van der Waals surface area contributed by atoms with Crippen molar-refractivity contribution in [1.82, 2.24) is 9.62 Å². The van der Waals surface area contributed by atoms with Crippen LogP contribution in [0.2, 0.25) is 0 Å². The zero-order chi connectivity index (χ0) is 18.6. The zero-order valence-electron chi connectivity index (χ0n) is 15.4. The largest absolute Gasteiger partial charge is 0.496 e. The van der Waals surface area contributed by atoms with Gasteiger partial charge >= 0.3 is 0 Å². The van der Waals surface area contributed by atoms with Gasteiger partial charge in [-0.05, 0) is 50.8 Å². The quantitative estimate of drug-likeness (QED) is 0.835. The molecule has 1 heterocycles. The summed E-state index contributed by atoms with van der Waals surface area (Å²) in [6.07, 6.45) is 1.43. The van der Waals surface area contributed by atoms with Crippen LogP contribution in [0.25, 0.3) is 0 Å². The molecule has 7 heteroatoms. The third kappa shape index (κ3) is 4.73. The van der Waals surface area contributed by atoms with Crippen LogP contribution in [0.5, 0.6) is 5.75 Å². The number of aryl methyl sites for hydroxylation is 1. The molecular weight excluding hydrogens is 340 g/mol. The maximum Gasteiger partial charge on any atom is 0.224 e. The molecule has 1 aliphatic rings. The summed E-state index contributed by atoms with van der Waals surface area (Å²) in [5, 5.41) is 3.02. The lowest BCUT2D eigenvalue weighted by molar-refractivity contribution is -0.126. The summed E-state index contributed by atoms with van der Waals surface area (Å²) in [5.74, 6) is 0.506. The number of amides is 1. The second-order valence-electron chi connectivity index (χ2n) is 6.56. The Kier molecular flexibility index (Phi) is 6.46. The first kappa shape index (κ1) is 19.7. The van der Waals surface area contributed by atoms with Crippen LogP contribution in [0.15, 0.2) is 18.2 Å². The van der Waals surface area contributed by atoms with Crippen LogP contribution in [0, 0.1) is 12.8 Å². The summed E-state index contributed by atoms with van der Waals surface area (Å²) in [6, 6.07) is 5.68. The second-order valence-corrected chi connectivity index (χ2v) is 8.81. The minimum Gasteiger partial charge on any atom is -0.496 e. The van der Waals surface area contributed by atoms with Crippen molar-refractivity contribution in [2.24, 2.45) is 5.92 Å². The highest BCUT2D eigenvalue weighted by molar-refractivity contribution is 7.89. The maximum atomic E-state index is 12.6. The van der Waals surface area contributed by atoms with Crippen molar-refractivity contribution >= 4 is 15.9 Å². The van der Waals surface area contributed by atoms with Crippen LogP contribution < -0.4 is 10.1 Å². The Hall–Kier alpha value is -1.60. The summed E-state index contributed by atoms with van der Waals surface area (Å²) in [6.45, 7) is 6.31. The average molecular weight is 368 g/mol. The number of sulfonamides is 1. The minimum atomic E-state index is -3.24. The van der Waals surface area contributed by atoms with Crippen LogP contribution in [0.1, 0.15) is 43.9 Å². The van der Waals surface area contributed by atoms with Crippen molar-refractivity contribution in [2.75, 3.05) is 26.0 Å². The molecule has 0 aliphatic carbocycles. The first-order chi connectivity index (χ1) is 11.8. The number of carbonyl (C=O) groups is 1. The summed E-state index contributed by atoms with van der Waals surface area (Å²) < 4.78 is 30.8. The lowest BCUT2D eigenvalue weighted by Gasteiger charge is -2.31. The highest BCUT2D eigenvalue weighted by atomic mass is 32.2. The van der Waals surface area contributed by atoms with E-state index in [2.05, 4.69) is 5.32 Å². The van der Waals surface area contributed by atoms with Gasteiger partial charge in [-0.3, -0.25) is 4.79 Å². The fourth-order valence-corrected chi connectivity index (χ4v) is 4.36. The lowest BCUT2D eigenvalue weighted by atomic mass is 9.97. The van der Waals surface area contributed by atoms with Gasteiger partial charge in [0.05, 0.1) is 24.8 Å². The van der Waals surface area contributed by atoms with Gasteiger partial charge in [0.25, 0.3) is 0 Å². The molecule has 1 aromatic carbocycles. The lowest BCUT2D eigenvalue weighted by Crippen LogP contribution is -2.46. The molecule has 2 atom stereocenters. The van der Waals surface area contributed by atoms with E-state index in [1.807, 2.05) is 32.0 Å². The van der Waals surface area contributed by atoms with E-state index in [1.165, 1.54) is 4.31 Å². The van der Waals surface area contributed by atoms with Gasteiger partial charge in [0, 0.05) is 13.1 Å². The number of methoxy groups -OCH3 is 1. The first-order valence-electron chi connectivity index (χ1n) is 8.71. The van der Waals surface area contributed by atoms with Crippen LogP contribution in [-0.4, -0.2) is 44.6 Å². The normalized spacial score (nSPS) is 20.1. The van der Waals surface area contributed by atoms with Crippen LogP contribution in [0.4, 0.5) is 0 Å². The molecule has 0 radical (unpaired) electrons. The van der Waals surface area contributed by atoms with Gasteiger partial charge in [0.2, 0.25) is 15.9 Å². The zero-order valence-corrected chi connectivity index (χ0v) is 16.2. The fraction of sp³-hybridized carbons (Fsp3) is 0.611. The topological polar surface area (TPSA) is 75.7 Å². The smallest absolute Gasteiger partial charge is 0.224 e. The number of rotatable bonds is 6. The molecule has 1 amide bonds. The van der Waals surface area contributed by atoms with Gasteiger partial charge in [0.15, 0.2) is 0 Å². The number of hydrogen-bond donors (Lipinski definition) is 1. The molecule has 0 spiro atoms. The van der Waals surface area contributed by atoms with Gasteiger partial charge in [-0.15, -0.1) is 0 Å². The molecule has 140 valence electrons. The van der Waals surface area contributed by atoms with Gasteiger partial charge in [-0.25, -0.2) is 12.7 Å². The standard InChI is InChI=1S/C18H28N2O4S/c1-5-25(22,23)20-10-6-7-16(12-20)18(21)19-14(3)15-8-9-17(24-4)13(2)11-15/h8-9,11,14,16H,5-7,10,12H2,1-4H3,(H,19,21)/t14-,16-/m0/s1. The Labute approximate surface area is 150 Å². The molecule has 0 bridgehead atoms. The minimum absolute atomic E-state index is 0.0723. The number of benzene rings is 1. The molecular formula is C18H28N2O4S. The number of carbonyl (C=O) groups excluding carboxylic acids is 1. The summed E-state index contributed by atoms with van der Waals surface area (Å²) in [4.78, 5) is 12.6. The molecule has 6 nitrogen and oxygen atoms in total. The Morgan fingerprint density at radius 3 is 2.76 bits per heavy atom. The third-order valence-corrected chi connectivity index (χ3v) is 6.64. The number of piperidine rings is 1. The summed E-state index contributed by atoms with van der Waals surface area (Å²) >= 11 is 0. The molecule has 1 N–H and O–H groups in total. The number of ether oxygens (including phenoxy) is 1. The van der Waals surface area contributed by atoms with Gasteiger partial charge in [-0.1, -0.05) is 12.1 Å². The van der Waals surface area contributed by atoms with Crippen molar-refractivity contribution < 1.29 is 17.9 Å². The molecule has 1 aliphatic heterocycles. The van der Waals surface area contributed by atoms with Gasteiger partial charge in [-0.2, -0.15) is 0 Å². The highest BCUT2D eigenvalue weighted by Gasteiger charge is 2.31. The maximum absolute atomic E-state index is 12.6. The van der Waals surface area contributed by atoms with Crippen LogP contribution in [0.3, 0.4) is 0 Å². The third-order valence-electron chi connectivity index (χ3n) is 4.79. The molecule has 1 aromatic rings. The first-order valence-corrected chi connectivity index (χ1v) is 10.3. The predicted molar refractivity (Wildman–Crippen MR) is 98.0 cm³/mol. The van der Waals surface area contributed by atoms with E-state index in [1.54, 1.807) is 14.0 Å². The van der Waals surface area contributed by atoms with E-state index >= 15 is 0 Å².